The fourth-order valence-corrected chi connectivity index (χ4v) is 4.07. The van der Waals surface area contributed by atoms with E-state index in [1.807, 2.05) is 6.07 Å². The molecule has 1 aromatic rings. The highest BCUT2D eigenvalue weighted by atomic mass is 79.9. The number of hydrogen-bond donors (Lipinski definition) is 1. The van der Waals surface area contributed by atoms with Crippen LogP contribution in [0.5, 0.6) is 5.75 Å². The largest absolute Gasteiger partial charge is 0.496 e. The molecule has 1 aromatic carbocycles. The fourth-order valence-electron chi connectivity index (χ4n) is 3.53. The first kappa shape index (κ1) is 13.4. The molecule has 3 nitrogen and oxygen atoms in total. The lowest BCUT2D eigenvalue weighted by molar-refractivity contribution is -0.154. The quantitative estimate of drug-likeness (QED) is 0.925. The van der Waals surface area contributed by atoms with E-state index in [1.54, 1.807) is 7.11 Å². The van der Waals surface area contributed by atoms with Crippen LogP contribution in [0.1, 0.15) is 24.8 Å². The van der Waals surface area contributed by atoms with Crippen LogP contribution in [0.4, 0.5) is 0 Å². The van der Waals surface area contributed by atoms with Crippen molar-refractivity contribution in [2.24, 2.45) is 11.1 Å². The van der Waals surface area contributed by atoms with Gasteiger partial charge in [0.1, 0.15) is 5.75 Å². The van der Waals surface area contributed by atoms with E-state index in [4.69, 9.17) is 15.2 Å². The number of rotatable bonds is 4. The van der Waals surface area contributed by atoms with Crippen LogP contribution in [-0.2, 0) is 10.2 Å². The molecule has 1 aliphatic heterocycles. The maximum Gasteiger partial charge on any atom is 0.133 e. The second-order valence-electron chi connectivity index (χ2n) is 5.76. The summed E-state index contributed by atoms with van der Waals surface area (Å²) in [6, 6.07) is 6.38. The Hall–Kier alpha value is -0.580. The van der Waals surface area contributed by atoms with Gasteiger partial charge in [-0.05, 0) is 58.4 Å². The van der Waals surface area contributed by atoms with E-state index in [9.17, 15) is 0 Å². The molecule has 1 aliphatic carbocycles. The number of halogens is 1. The molecule has 1 saturated heterocycles. The Kier molecular flexibility index (Phi) is 3.36. The molecule has 0 amide bonds. The zero-order chi connectivity index (χ0) is 13.5. The first-order valence-electron chi connectivity index (χ1n) is 6.79. The summed E-state index contributed by atoms with van der Waals surface area (Å²) >= 11 is 3.58. The fraction of sp³-hybridized carbons (Fsp3) is 0.600. The van der Waals surface area contributed by atoms with Crippen LogP contribution in [0.2, 0.25) is 0 Å². The van der Waals surface area contributed by atoms with Gasteiger partial charge in [-0.1, -0.05) is 12.5 Å². The number of ether oxygens (including phenoxy) is 2. The molecule has 0 bridgehead atoms. The van der Waals surface area contributed by atoms with E-state index in [0.717, 1.165) is 30.0 Å². The van der Waals surface area contributed by atoms with Crippen LogP contribution in [0, 0.1) is 5.41 Å². The topological polar surface area (TPSA) is 44.5 Å². The molecular formula is C15H20BrNO2. The molecular weight excluding hydrogens is 306 g/mol. The molecule has 2 fully saturated rings. The third-order valence-corrected chi connectivity index (χ3v) is 5.74. The van der Waals surface area contributed by atoms with Crippen LogP contribution < -0.4 is 10.5 Å². The molecule has 2 aliphatic rings. The first-order valence-corrected chi connectivity index (χ1v) is 7.59. The van der Waals surface area contributed by atoms with Crippen molar-refractivity contribution in [3.05, 3.63) is 28.2 Å². The minimum atomic E-state index is 0.106. The Morgan fingerprint density at radius 2 is 2.11 bits per heavy atom. The predicted octanol–water partition coefficient (Wildman–Crippen LogP) is 2.85. The Morgan fingerprint density at radius 3 is 2.47 bits per heavy atom. The van der Waals surface area contributed by atoms with Gasteiger partial charge in [-0.15, -0.1) is 0 Å². The molecule has 0 radical (unpaired) electrons. The van der Waals surface area contributed by atoms with E-state index in [-0.39, 0.29) is 10.8 Å². The number of methoxy groups -OCH3 is 1. The zero-order valence-electron chi connectivity index (χ0n) is 11.2. The van der Waals surface area contributed by atoms with Crippen LogP contribution in [-0.4, -0.2) is 26.9 Å². The van der Waals surface area contributed by atoms with E-state index in [0.29, 0.717) is 0 Å². The van der Waals surface area contributed by atoms with Crippen molar-refractivity contribution in [3.8, 4) is 5.75 Å². The van der Waals surface area contributed by atoms with E-state index in [2.05, 4.69) is 28.1 Å². The Morgan fingerprint density at radius 1 is 1.37 bits per heavy atom. The maximum atomic E-state index is 6.10. The lowest BCUT2D eigenvalue weighted by atomic mass is 9.50. The summed E-state index contributed by atoms with van der Waals surface area (Å²) in [5.41, 5.74) is 7.78. The average molecular weight is 326 g/mol. The summed E-state index contributed by atoms with van der Waals surface area (Å²) in [4.78, 5) is 0. The SMILES string of the molecule is COc1ccc(C2(C3(CN)CCC3)COC2)cc1Br. The second kappa shape index (κ2) is 4.76. The molecule has 0 aromatic heterocycles. The van der Waals surface area contributed by atoms with Gasteiger partial charge >= 0.3 is 0 Å². The van der Waals surface area contributed by atoms with E-state index >= 15 is 0 Å². The summed E-state index contributed by atoms with van der Waals surface area (Å²) in [6.07, 6.45) is 3.73. The lowest BCUT2D eigenvalue weighted by Crippen LogP contribution is -2.64. The molecule has 104 valence electrons. The van der Waals surface area contributed by atoms with E-state index in [1.165, 1.54) is 24.8 Å². The van der Waals surface area contributed by atoms with Gasteiger partial charge in [-0.2, -0.15) is 0 Å². The summed E-state index contributed by atoms with van der Waals surface area (Å²) in [5, 5.41) is 0. The molecule has 1 saturated carbocycles. The Balaban J connectivity index is 2.00. The normalized spacial score (nSPS) is 23.3. The highest BCUT2D eigenvalue weighted by molar-refractivity contribution is 9.10. The monoisotopic (exact) mass is 325 g/mol. The van der Waals surface area contributed by atoms with Crippen LogP contribution in [0.3, 0.4) is 0 Å². The van der Waals surface area contributed by atoms with Gasteiger partial charge in [-0.3, -0.25) is 0 Å². The Bertz CT molecular complexity index is 476. The molecule has 2 N–H and O–H groups in total. The molecule has 0 atom stereocenters. The highest BCUT2D eigenvalue weighted by Crippen LogP contribution is 2.58. The first-order chi connectivity index (χ1) is 9.17. The molecule has 1 heterocycles. The van der Waals surface area contributed by atoms with Gasteiger partial charge in [-0.25, -0.2) is 0 Å². The van der Waals surface area contributed by atoms with Crippen molar-refractivity contribution in [1.29, 1.82) is 0 Å². The van der Waals surface area contributed by atoms with Crippen molar-refractivity contribution in [2.45, 2.75) is 24.7 Å². The minimum Gasteiger partial charge on any atom is -0.496 e. The van der Waals surface area contributed by atoms with Gasteiger partial charge in [0.05, 0.1) is 24.8 Å². The number of nitrogens with two attached hydrogens (primary N) is 1. The molecule has 3 rings (SSSR count). The Labute approximate surface area is 122 Å². The van der Waals surface area contributed by atoms with Crippen molar-refractivity contribution in [1.82, 2.24) is 0 Å². The van der Waals surface area contributed by atoms with Gasteiger partial charge in [0.15, 0.2) is 0 Å². The smallest absolute Gasteiger partial charge is 0.133 e. The summed E-state index contributed by atoms with van der Waals surface area (Å²) in [7, 11) is 1.69. The van der Waals surface area contributed by atoms with Gasteiger partial charge in [0, 0.05) is 5.41 Å². The lowest BCUT2D eigenvalue weighted by Gasteiger charge is -2.60. The number of benzene rings is 1. The third-order valence-electron chi connectivity index (χ3n) is 5.12. The van der Waals surface area contributed by atoms with Crippen molar-refractivity contribution in [3.63, 3.8) is 0 Å². The van der Waals surface area contributed by atoms with Crippen LogP contribution >= 0.6 is 15.9 Å². The summed E-state index contributed by atoms with van der Waals surface area (Å²) in [5.74, 6) is 0.870. The zero-order valence-corrected chi connectivity index (χ0v) is 12.8. The molecule has 0 spiro atoms. The van der Waals surface area contributed by atoms with Crippen LogP contribution in [0.15, 0.2) is 22.7 Å². The average Bonchev–Trinajstić information content (AvgIpc) is 2.31. The van der Waals surface area contributed by atoms with E-state index < -0.39 is 0 Å². The maximum absolute atomic E-state index is 6.10. The standard InChI is InChI=1S/C15H20BrNO2/c1-18-13-4-3-11(7-12(13)16)15(9-19-10-15)14(8-17)5-2-6-14/h3-4,7H,2,5-6,8-10,17H2,1H3. The number of hydrogen-bond acceptors (Lipinski definition) is 3. The van der Waals surface area contributed by atoms with Gasteiger partial charge < -0.3 is 15.2 Å². The highest BCUT2D eigenvalue weighted by Gasteiger charge is 2.58. The molecule has 19 heavy (non-hydrogen) atoms. The van der Waals surface area contributed by atoms with Crippen molar-refractivity contribution in [2.75, 3.05) is 26.9 Å². The third kappa shape index (κ3) is 1.77. The van der Waals surface area contributed by atoms with Crippen molar-refractivity contribution < 1.29 is 9.47 Å². The van der Waals surface area contributed by atoms with Gasteiger partial charge in [0.2, 0.25) is 0 Å². The van der Waals surface area contributed by atoms with Crippen LogP contribution in [0.25, 0.3) is 0 Å². The minimum absolute atomic E-state index is 0.106. The summed E-state index contributed by atoms with van der Waals surface area (Å²) < 4.78 is 11.9. The summed E-state index contributed by atoms with van der Waals surface area (Å²) in [6.45, 7) is 2.34. The second-order valence-corrected chi connectivity index (χ2v) is 6.62. The molecule has 4 heteroatoms. The molecule has 0 unspecified atom stereocenters. The van der Waals surface area contributed by atoms with Gasteiger partial charge in [0.25, 0.3) is 0 Å². The van der Waals surface area contributed by atoms with Crippen molar-refractivity contribution >= 4 is 15.9 Å². The predicted molar refractivity (Wildman–Crippen MR) is 78.5 cm³/mol.